The summed E-state index contributed by atoms with van der Waals surface area (Å²) in [6.45, 7) is 18.4. The van der Waals surface area contributed by atoms with Crippen LogP contribution in [-0.4, -0.2) is 162 Å². The molecule has 0 spiro atoms. The number of rotatable bonds is 11. The van der Waals surface area contributed by atoms with Crippen molar-refractivity contribution in [3.8, 4) is 0 Å². The molecule has 5 aromatic rings. The lowest BCUT2D eigenvalue weighted by atomic mass is 9.73. The van der Waals surface area contributed by atoms with Crippen LogP contribution in [0, 0.1) is 0 Å². The summed E-state index contributed by atoms with van der Waals surface area (Å²) in [4.78, 5) is 33.6. The summed E-state index contributed by atoms with van der Waals surface area (Å²) in [5.74, 6) is 2.66. The molecule has 4 fully saturated rings. The number of aliphatic imine (C=N–C) groups is 1. The van der Waals surface area contributed by atoms with Crippen molar-refractivity contribution in [1.82, 2.24) is 39.5 Å². The van der Waals surface area contributed by atoms with Gasteiger partial charge in [-0.3, -0.25) is 9.67 Å². The molecule has 22 heteroatoms. The van der Waals surface area contributed by atoms with Crippen LogP contribution in [0.1, 0.15) is 100 Å². The van der Waals surface area contributed by atoms with Crippen LogP contribution in [0.4, 0.5) is 52.0 Å². The zero-order valence-electron chi connectivity index (χ0n) is 48.7. The molecular weight excluding hydrogens is 1050 g/mol. The summed E-state index contributed by atoms with van der Waals surface area (Å²) in [6, 6.07) is 16.7. The maximum absolute atomic E-state index is 12.5. The van der Waals surface area contributed by atoms with Crippen molar-refractivity contribution < 1.29 is 20.7 Å². The van der Waals surface area contributed by atoms with Gasteiger partial charge < -0.3 is 45.4 Å². The van der Waals surface area contributed by atoms with Crippen molar-refractivity contribution in [2.24, 2.45) is 19.5 Å². The lowest BCUT2D eigenvalue weighted by Gasteiger charge is -2.46. The molecule has 80 heavy (non-hydrogen) atoms. The van der Waals surface area contributed by atoms with E-state index in [1.54, 1.807) is 31.2 Å². The van der Waals surface area contributed by atoms with Crippen molar-refractivity contribution in [2.45, 2.75) is 126 Å². The Morgan fingerprint density at radius 2 is 1.20 bits per heavy atom. The second-order valence-electron chi connectivity index (χ2n) is 25.0. The van der Waals surface area contributed by atoms with Crippen LogP contribution in [0.25, 0.3) is 0 Å². The normalized spacial score (nSPS) is 25.3. The number of benzene rings is 2. The first-order valence-corrected chi connectivity index (χ1v) is 32.5. The number of aromatic nitrogens is 6. The Morgan fingerprint density at radius 3 is 1.70 bits per heavy atom. The maximum atomic E-state index is 12.5. The maximum Gasteiger partial charge on any atom is 0.229 e. The van der Waals surface area contributed by atoms with Gasteiger partial charge in [-0.15, -0.1) is 0 Å². The number of anilines is 7. The zero-order chi connectivity index (χ0) is 57.0. The number of nitrogens with zero attached hydrogens (tertiary/aromatic N) is 13. The van der Waals surface area contributed by atoms with Crippen molar-refractivity contribution in [1.29, 1.82) is 0 Å². The molecule has 434 valence electrons. The molecule has 0 saturated carbocycles. The van der Waals surface area contributed by atoms with Crippen molar-refractivity contribution in [2.75, 3.05) is 98.9 Å². The van der Waals surface area contributed by atoms with Gasteiger partial charge in [-0.05, 0) is 143 Å². The Bertz CT molecular complexity index is 3420. The van der Waals surface area contributed by atoms with Gasteiger partial charge in [0.05, 0.1) is 77.5 Å². The summed E-state index contributed by atoms with van der Waals surface area (Å²) >= 11 is 0. The average Bonchev–Trinajstić information content (AvgIpc) is 4.26. The molecule has 9 heterocycles. The molecule has 20 nitrogen and oxygen atoms in total. The van der Waals surface area contributed by atoms with Gasteiger partial charge in [-0.25, -0.2) is 18.4 Å². The lowest BCUT2D eigenvalue weighted by molar-refractivity contribution is -0.0894. The topological polar surface area (TPSA) is 222 Å². The molecule has 0 amide bonds. The lowest BCUT2D eigenvalue weighted by Crippen LogP contribution is -2.54. The second-order valence-corrected chi connectivity index (χ2v) is 30.1. The first-order valence-electron chi connectivity index (χ1n) is 27.8. The monoisotopic (exact) mass is 1130 g/mol. The predicted molar refractivity (Wildman–Crippen MR) is 327 cm³/mol. The Balaban J connectivity index is 0.000000210. The molecule has 2 aromatic carbocycles. The van der Waals surface area contributed by atoms with Gasteiger partial charge in [0.2, 0.25) is 11.9 Å². The van der Waals surface area contributed by atoms with Crippen LogP contribution < -0.4 is 26.2 Å². The minimum atomic E-state index is -2.30. The van der Waals surface area contributed by atoms with Gasteiger partial charge >= 0.3 is 0 Å². The van der Waals surface area contributed by atoms with Gasteiger partial charge in [0.1, 0.15) is 11.6 Å². The molecule has 6 aliphatic rings. The zero-order valence-corrected chi connectivity index (χ0v) is 50.4. The number of likely N-dealkylation sites (tertiary alicyclic amines) is 2. The molecule has 11 rings (SSSR count). The number of nitrogens with two attached hydrogens (primary N) is 1. The third kappa shape index (κ3) is 12.5. The van der Waals surface area contributed by atoms with Crippen molar-refractivity contribution in [3.05, 3.63) is 96.3 Å². The van der Waals surface area contributed by atoms with Crippen LogP contribution in [0.3, 0.4) is 0 Å². The third-order valence-corrected chi connectivity index (χ3v) is 17.8. The first kappa shape index (κ1) is 57.2. The van der Waals surface area contributed by atoms with Crippen molar-refractivity contribution >= 4 is 77.6 Å². The highest BCUT2D eigenvalue weighted by molar-refractivity contribution is 7.92. The van der Waals surface area contributed by atoms with Gasteiger partial charge in [-0.2, -0.15) is 23.8 Å². The van der Waals surface area contributed by atoms with Crippen LogP contribution >= 0.6 is 0 Å². The van der Waals surface area contributed by atoms with E-state index in [2.05, 4.69) is 128 Å². The van der Waals surface area contributed by atoms with Crippen molar-refractivity contribution in [3.63, 3.8) is 0 Å². The van der Waals surface area contributed by atoms with E-state index in [0.717, 1.165) is 105 Å². The fourth-order valence-electron chi connectivity index (χ4n) is 12.1. The van der Waals surface area contributed by atoms with Crippen LogP contribution in [0.15, 0.2) is 98.9 Å². The Labute approximate surface area is 476 Å². The number of ether oxygens (including phenoxy) is 2. The van der Waals surface area contributed by atoms with Crippen LogP contribution in [0.2, 0.25) is 0 Å². The van der Waals surface area contributed by atoms with E-state index in [1.165, 1.54) is 6.20 Å². The molecule has 0 unspecified atom stereocenters. The Kier molecular flexibility index (Phi) is 15.8. The van der Waals surface area contributed by atoms with Gasteiger partial charge in [-0.1, -0.05) is 26.0 Å². The number of nitrogens with one attached hydrogen (secondary N) is 2. The van der Waals surface area contributed by atoms with Gasteiger partial charge in [0.15, 0.2) is 0 Å². The number of hydrogen-bond acceptors (Lipinski definition) is 19. The summed E-state index contributed by atoms with van der Waals surface area (Å²) in [6.07, 6.45) is 23.5. The van der Waals surface area contributed by atoms with E-state index in [4.69, 9.17) is 35.2 Å². The fourth-order valence-corrected chi connectivity index (χ4v) is 13.3. The van der Waals surface area contributed by atoms with Crippen LogP contribution in [-0.2, 0) is 39.8 Å². The Morgan fingerprint density at radius 1 is 0.713 bits per heavy atom. The standard InChI is InChI=1S/C29H40N8O2S.C29H42N8O2S.2H2/c1-28(2)15-25-29(3,19-39-28)24-17-30-27(32-21-16-31-36(18-21)22-10-12-35(4)13-11-22)33-26(24)37(25)23-9-7-8-20(14-23)34-40(5,6)38;1-28(2)15-25-29(3,19-39-28)24-18-32-27(33-22(16-30)17-31-20-10-12-36(4)13-11-20)34-26(24)37(25)23-9-7-8-21(14-23)35-40(5,6)38;;/h7-9,14,16-18,22,25H,10-13,15,19H2,1-6H3,(H,30,32,33);7-9,14,16-18,20,25H,10-13,15,19,30H2,1-6H3,(H,32,33,34);2*1H/b;22-16+,31-17?;;/t2*25-,29-;;/m10../s1. The van der Waals surface area contributed by atoms with E-state index in [9.17, 15) is 8.42 Å². The molecule has 6 aliphatic heterocycles. The molecule has 4 N–H and O–H groups in total. The highest BCUT2D eigenvalue weighted by Crippen LogP contribution is 2.55. The SMILES string of the molecule is CN1CCC(N=C/C(=C\N)Nc2ncc3c(n2)N(c2cccc(N=S(C)(C)=O)c2)[C@H]2CC(C)(C)OC[C@@]32C)CC1.CN1CCC(n2cc(Nc3ncc4c(n3)N(c3cccc(N=S(C)(C)=O)c3)[C@@H]3CC(C)(C)OC[C@]43C)cn2)CC1.[HH].[HH]. The summed E-state index contributed by atoms with van der Waals surface area (Å²) in [7, 11) is -0.287. The molecule has 3 aromatic heterocycles. The molecular formula is C58H86N16O4S2. The van der Waals surface area contributed by atoms with E-state index >= 15 is 0 Å². The van der Waals surface area contributed by atoms with Gasteiger partial charge in [0, 0.05) is 112 Å². The number of hydrogen-bond donors (Lipinski definition) is 3. The average molecular weight is 1140 g/mol. The summed E-state index contributed by atoms with van der Waals surface area (Å²) < 4.78 is 48.5. The third-order valence-electron chi connectivity index (χ3n) is 16.5. The van der Waals surface area contributed by atoms with Crippen LogP contribution in [0.5, 0.6) is 0 Å². The minimum Gasteiger partial charge on any atom is -0.403 e. The minimum absolute atomic E-state index is 0. The molecule has 4 saturated heterocycles. The fraction of sp³-hybridized carbons (Fsp3) is 0.552. The van der Waals surface area contributed by atoms with E-state index < -0.39 is 19.5 Å². The Hall–Kier alpha value is -6.04. The second kappa shape index (κ2) is 22.0. The quantitative estimate of drug-likeness (QED) is 0.105. The predicted octanol–water partition coefficient (Wildman–Crippen LogP) is 9.70. The first-order chi connectivity index (χ1) is 37.8. The summed E-state index contributed by atoms with van der Waals surface area (Å²) in [5.41, 5.74) is 11.7. The van der Waals surface area contributed by atoms with E-state index in [1.807, 2.05) is 55.0 Å². The van der Waals surface area contributed by atoms with E-state index in [-0.39, 0.29) is 43.0 Å². The number of fused-ring (bicyclic) bond motifs is 6. The molecule has 0 radical (unpaired) electrons. The molecule has 0 aliphatic carbocycles. The van der Waals surface area contributed by atoms with Gasteiger partial charge in [0.25, 0.3) is 0 Å². The largest absolute Gasteiger partial charge is 0.403 e. The molecule has 0 bridgehead atoms. The molecule has 4 atom stereocenters. The highest BCUT2D eigenvalue weighted by atomic mass is 32.2. The summed E-state index contributed by atoms with van der Waals surface area (Å²) in [5, 5.41) is 11.3. The highest BCUT2D eigenvalue weighted by Gasteiger charge is 2.56. The number of piperidine rings is 2. The smallest absolute Gasteiger partial charge is 0.229 e. The number of allylic oxidation sites excluding steroid dienone is 1. The van der Waals surface area contributed by atoms with E-state index in [0.29, 0.717) is 48.2 Å².